The fraction of sp³-hybridized carbons (Fsp3) is 0.444. The lowest BCUT2D eigenvalue weighted by atomic mass is 10.2. The van der Waals surface area contributed by atoms with Gasteiger partial charge in [0.2, 0.25) is 5.91 Å². The fourth-order valence-electron chi connectivity index (χ4n) is 3.05. The average Bonchev–Trinajstić information content (AvgIpc) is 2.81. The van der Waals surface area contributed by atoms with E-state index in [0.717, 1.165) is 24.5 Å². The number of likely N-dealkylation sites (tertiary alicyclic amines) is 1. The second-order valence-corrected chi connectivity index (χ2v) is 6.68. The van der Waals surface area contributed by atoms with Gasteiger partial charge in [-0.15, -0.1) is 0 Å². The van der Waals surface area contributed by atoms with Crippen LogP contribution in [-0.4, -0.2) is 40.2 Å². The number of hydrogen-bond acceptors (Lipinski definition) is 3. The number of anilines is 1. The topological polar surface area (TPSA) is 50.2 Å². The number of halogens is 1. The highest BCUT2D eigenvalue weighted by molar-refractivity contribution is 6.30. The first kappa shape index (κ1) is 17.0. The van der Waals surface area contributed by atoms with Crippen LogP contribution >= 0.6 is 11.6 Å². The molecule has 1 aliphatic rings. The van der Waals surface area contributed by atoms with Crippen LogP contribution in [0, 0.1) is 0 Å². The number of benzene rings is 1. The first-order valence-corrected chi connectivity index (χ1v) is 8.87. The van der Waals surface area contributed by atoms with Crippen molar-refractivity contribution in [2.75, 3.05) is 25.0 Å². The first-order chi connectivity index (χ1) is 11.7. The fourth-order valence-corrected chi connectivity index (χ4v) is 3.27. The Kier molecular flexibility index (Phi) is 5.88. The summed E-state index contributed by atoms with van der Waals surface area (Å²) in [5.74, 6) is 0.736. The number of aromatic nitrogens is 2. The van der Waals surface area contributed by atoms with Gasteiger partial charge in [0.1, 0.15) is 5.82 Å². The quantitative estimate of drug-likeness (QED) is 0.902. The molecule has 5 nitrogen and oxygen atoms in total. The molecule has 1 amide bonds. The molecule has 0 saturated carbocycles. The van der Waals surface area contributed by atoms with Crippen molar-refractivity contribution in [3.63, 3.8) is 0 Å². The van der Waals surface area contributed by atoms with E-state index in [4.69, 9.17) is 11.6 Å². The summed E-state index contributed by atoms with van der Waals surface area (Å²) >= 11 is 6.03. The van der Waals surface area contributed by atoms with Gasteiger partial charge >= 0.3 is 0 Å². The maximum Gasteiger partial charge on any atom is 0.239 e. The molecule has 0 atom stereocenters. The van der Waals surface area contributed by atoms with Crippen LogP contribution in [0.5, 0.6) is 0 Å². The lowest BCUT2D eigenvalue weighted by Gasteiger charge is -2.19. The molecule has 0 aliphatic carbocycles. The molecule has 1 aliphatic heterocycles. The van der Waals surface area contributed by atoms with Gasteiger partial charge in [0.25, 0.3) is 0 Å². The van der Waals surface area contributed by atoms with Crippen LogP contribution in [0.4, 0.5) is 5.82 Å². The molecule has 1 saturated heterocycles. The number of carbonyl (C=O) groups excluding carboxylic acids is 1. The van der Waals surface area contributed by atoms with E-state index in [9.17, 15) is 4.79 Å². The summed E-state index contributed by atoms with van der Waals surface area (Å²) in [5, 5.41) is 7.98. The molecule has 1 aromatic carbocycles. The van der Waals surface area contributed by atoms with Gasteiger partial charge in [0, 0.05) is 11.1 Å². The Morgan fingerprint density at radius 1 is 1.17 bits per heavy atom. The Balaban J connectivity index is 1.59. The van der Waals surface area contributed by atoms with Gasteiger partial charge in [-0.25, -0.2) is 4.68 Å². The average molecular weight is 347 g/mol. The van der Waals surface area contributed by atoms with Gasteiger partial charge in [-0.3, -0.25) is 9.69 Å². The van der Waals surface area contributed by atoms with Crippen LogP contribution in [0.2, 0.25) is 5.02 Å². The van der Waals surface area contributed by atoms with Crippen molar-refractivity contribution in [3.05, 3.63) is 47.1 Å². The molecular formula is C18H23ClN4O. The van der Waals surface area contributed by atoms with E-state index in [-0.39, 0.29) is 5.91 Å². The third-order valence-electron chi connectivity index (χ3n) is 4.27. The van der Waals surface area contributed by atoms with Crippen LogP contribution < -0.4 is 5.32 Å². The minimum absolute atomic E-state index is 0.0183. The van der Waals surface area contributed by atoms with E-state index in [1.807, 2.05) is 30.3 Å². The van der Waals surface area contributed by atoms with Crippen molar-refractivity contribution < 1.29 is 4.79 Å². The monoisotopic (exact) mass is 346 g/mol. The summed E-state index contributed by atoms with van der Waals surface area (Å²) in [5.41, 5.74) is 1.05. The Hall–Kier alpha value is -1.85. The zero-order chi connectivity index (χ0) is 16.8. The molecule has 128 valence electrons. The minimum atomic E-state index is 0.0183. The van der Waals surface area contributed by atoms with Gasteiger partial charge in [-0.1, -0.05) is 36.6 Å². The van der Waals surface area contributed by atoms with E-state index in [0.29, 0.717) is 18.1 Å². The standard InChI is InChI=1S/C18H23ClN4O/c19-16-7-5-6-15(12-16)13-23-17(8-9-20-23)21-18(24)14-22-10-3-1-2-4-11-22/h5-9,12H,1-4,10-11,13-14H2,(H,21,24). The van der Waals surface area contributed by atoms with Crippen molar-refractivity contribution in [1.29, 1.82) is 0 Å². The Morgan fingerprint density at radius 3 is 2.71 bits per heavy atom. The summed E-state index contributed by atoms with van der Waals surface area (Å²) in [6, 6.07) is 9.49. The largest absolute Gasteiger partial charge is 0.310 e. The van der Waals surface area contributed by atoms with Crippen LogP contribution in [0.25, 0.3) is 0 Å². The highest BCUT2D eigenvalue weighted by atomic mass is 35.5. The Morgan fingerprint density at radius 2 is 1.96 bits per heavy atom. The summed E-state index contributed by atoms with van der Waals surface area (Å²) < 4.78 is 1.78. The van der Waals surface area contributed by atoms with E-state index in [1.54, 1.807) is 10.9 Å². The van der Waals surface area contributed by atoms with Crippen molar-refractivity contribution in [2.24, 2.45) is 0 Å². The zero-order valence-corrected chi connectivity index (χ0v) is 14.5. The number of hydrogen-bond donors (Lipinski definition) is 1. The van der Waals surface area contributed by atoms with Gasteiger partial charge in [0.15, 0.2) is 0 Å². The zero-order valence-electron chi connectivity index (χ0n) is 13.7. The smallest absolute Gasteiger partial charge is 0.239 e. The molecular weight excluding hydrogens is 324 g/mol. The molecule has 0 radical (unpaired) electrons. The van der Waals surface area contributed by atoms with Crippen LogP contribution in [0.15, 0.2) is 36.5 Å². The van der Waals surface area contributed by atoms with Crippen molar-refractivity contribution in [2.45, 2.75) is 32.2 Å². The lowest BCUT2D eigenvalue weighted by Crippen LogP contribution is -2.34. The third-order valence-corrected chi connectivity index (χ3v) is 4.51. The van der Waals surface area contributed by atoms with E-state index < -0.39 is 0 Å². The molecule has 2 heterocycles. The number of nitrogens with zero attached hydrogens (tertiary/aromatic N) is 3. The molecule has 0 unspecified atom stereocenters. The van der Waals surface area contributed by atoms with Crippen LogP contribution in [0.3, 0.4) is 0 Å². The van der Waals surface area contributed by atoms with Crippen molar-refractivity contribution in [1.82, 2.24) is 14.7 Å². The normalized spacial score (nSPS) is 15.9. The highest BCUT2D eigenvalue weighted by Gasteiger charge is 2.14. The molecule has 2 aromatic rings. The van der Waals surface area contributed by atoms with E-state index >= 15 is 0 Å². The first-order valence-electron chi connectivity index (χ1n) is 8.49. The second-order valence-electron chi connectivity index (χ2n) is 6.24. The molecule has 6 heteroatoms. The molecule has 1 fully saturated rings. The van der Waals surface area contributed by atoms with Gasteiger partial charge < -0.3 is 5.32 Å². The number of nitrogens with one attached hydrogen (secondary N) is 1. The highest BCUT2D eigenvalue weighted by Crippen LogP contribution is 2.15. The summed E-state index contributed by atoms with van der Waals surface area (Å²) in [6.07, 6.45) is 6.60. The second kappa shape index (κ2) is 8.31. The Bertz CT molecular complexity index is 677. The Labute approximate surface area is 147 Å². The maximum atomic E-state index is 12.3. The lowest BCUT2D eigenvalue weighted by molar-refractivity contribution is -0.117. The van der Waals surface area contributed by atoms with Crippen LogP contribution in [0.1, 0.15) is 31.2 Å². The van der Waals surface area contributed by atoms with Gasteiger partial charge in [-0.2, -0.15) is 5.10 Å². The van der Waals surface area contributed by atoms with Crippen LogP contribution in [-0.2, 0) is 11.3 Å². The summed E-state index contributed by atoms with van der Waals surface area (Å²) in [6.45, 7) is 3.04. The molecule has 1 aromatic heterocycles. The maximum absolute atomic E-state index is 12.3. The number of carbonyl (C=O) groups is 1. The minimum Gasteiger partial charge on any atom is -0.310 e. The number of rotatable bonds is 5. The summed E-state index contributed by atoms with van der Waals surface area (Å²) in [7, 11) is 0. The predicted molar refractivity (Wildman–Crippen MR) is 96.3 cm³/mol. The SMILES string of the molecule is O=C(CN1CCCCCC1)Nc1ccnn1Cc1cccc(Cl)c1. The molecule has 24 heavy (non-hydrogen) atoms. The molecule has 0 bridgehead atoms. The number of amides is 1. The molecule has 1 N–H and O–H groups in total. The van der Waals surface area contributed by atoms with E-state index in [1.165, 1.54) is 25.7 Å². The van der Waals surface area contributed by atoms with E-state index in [2.05, 4.69) is 15.3 Å². The van der Waals surface area contributed by atoms with Gasteiger partial charge in [0.05, 0.1) is 19.3 Å². The summed E-state index contributed by atoms with van der Waals surface area (Å²) in [4.78, 5) is 14.6. The predicted octanol–water partition coefficient (Wildman–Crippen LogP) is 3.40. The van der Waals surface area contributed by atoms with Crippen molar-refractivity contribution >= 4 is 23.3 Å². The van der Waals surface area contributed by atoms with Crippen molar-refractivity contribution in [3.8, 4) is 0 Å². The molecule has 0 spiro atoms. The van der Waals surface area contributed by atoms with Gasteiger partial charge in [-0.05, 0) is 43.6 Å². The third kappa shape index (κ3) is 4.82. The molecule has 3 rings (SSSR count).